The van der Waals surface area contributed by atoms with Gasteiger partial charge in [0.1, 0.15) is 6.10 Å². The molecule has 0 saturated heterocycles. The maximum Gasteiger partial charge on any atom is 0.255 e. The molecule has 0 amide bonds. The molecular weight excluding hydrogens is 197 g/mol. The van der Waals surface area contributed by atoms with Crippen molar-refractivity contribution in [3.05, 3.63) is 12.0 Å². The van der Waals surface area contributed by atoms with Gasteiger partial charge in [0.25, 0.3) is 5.88 Å². The van der Waals surface area contributed by atoms with Gasteiger partial charge in [0.15, 0.2) is 0 Å². The molecule has 82 valence electrons. The van der Waals surface area contributed by atoms with Crippen LogP contribution >= 0.6 is 0 Å². The first-order valence-electron chi connectivity index (χ1n) is 5.22. The van der Waals surface area contributed by atoms with Crippen LogP contribution in [0.1, 0.15) is 26.2 Å². The minimum absolute atomic E-state index is 0.0608. The number of aromatic nitrogens is 2. The maximum atomic E-state index is 13.3. The molecule has 2 rings (SSSR count). The van der Waals surface area contributed by atoms with E-state index in [0.717, 1.165) is 25.5 Å². The van der Waals surface area contributed by atoms with Crippen molar-refractivity contribution in [2.75, 3.05) is 11.9 Å². The predicted octanol–water partition coefficient (Wildman–Crippen LogP) is 1.98. The van der Waals surface area contributed by atoms with E-state index in [1.54, 1.807) is 0 Å². The van der Waals surface area contributed by atoms with Crippen LogP contribution in [0, 0.1) is 5.82 Å². The summed E-state index contributed by atoms with van der Waals surface area (Å²) in [5.74, 6) is -0.0255. The summed E-state index contributed by atoms with van der Waals surface area (Å²) < 4.78 is 18.7. The molecular formula is C10H14FN3O. The van der Waals surface area contributed by atoms with Gasteiger partial charge < -0.3 is 10.1 Å². The highest BCUT2D eigenvalue weighted by atomic mass is 19.1. The lowest BCUT2D eigenvalue weighted by Crippen LogP contribution is -2.25. The minimum Gasteiger partial charge on any atom is -0.472 e. The summed E-state index contributed by atoms with van der Waals surface area (Å²) in [4.78, 5) is 7.77. The lowest BCUT2D eigenvalue weighted by molar-refractivity contribution is 0.109. The van der Waals surface area contributed by atoms with Crippen molar-refractivity contribution in [3.8, 4) is 5.88 Å². The Hall–Kier alpha value is -1.39. The maximum absolute atomic E-state index is 13.3. The van der Waals surface area contributed by atoms with Crippen molar-refractivity contribution in [1.29, 1.82) is 0 Å². The lowest BCUT2D eigenvalue weighted by atomic mass is 9.96. The molecule has 0 aliphatic heterocycles. The first-order chi connectivity index (χ1) is 7.29. The van der Waals surface area contributed by atoms with Gasteiger partial charge >= 0.3 is 0 Å². The Morgan fingerprint density at radius 3 is 3.00 bits per heavy atom. The number of nitrogens with one attached hydrogen (secondary N) is 1. The number of hydrogen-bond donors (Lipinski definition) is 1. The number of hydrogen-bond acceptors (Lipinski definition) is 4. The molecule has 1 fully saturated rings. The van der Waals surface area contributed by atoms with Gasteiger partial charge in [-0.2, -0.15) is 9.37 Å². The van der Waals surface area contributed by atoms with Crippen LogP contribution in [0.25, 0.3) is 0 Å². The molecule has 0 spiro atoms. The molecule has 1 aromatic heterocycles. The average Bonchev–Trinajstić information content (AvgIpc) is 2.16. The molecule has 4 nitrogen and oxygen atoms in total. The van der Waals surface area contributed by atoms with Gasteiger partial charge in [0.05, 0.1) is 6.20 Å². The molecule has 1 aliphatic rings. The topological polar surface area (TPSA) is 47.0 Å². The van der Waals surface area contributed by atoms with Gasteiger partial charge in [-0.15, -0.1) is 0 Å². The van der Waals surface area contributed by atoms with Gasteiger partial charge in [0, 0.05) is 6.54 Å². The average molecular weight is 211 g/mol. The van der Waals surface area contributed by atoms with Crippen molar-refractivity contribution in [3.63, 3.8) is 0 Å². The Kier molecular flexibility index (Phi) is 2.99. The number of halogens is 1. The Balaban J connectivity index is 2.08. The van der Waals surface area contributed by atoms with E-state index in [2.05, 4.69) is 15.3 Å². The number of nitrogens with zero attached hydrogens (tertiary/aromatic N) is 2. The van der Waals surface area contributed by atoms with E-state index in [4.69, 9.17) is 4.74 Å². The summed E-state index contributed by atoms with van der Waals surface area (Å²) in [5, 5.41) is 2.92. The SMILES string of the molecule is CCNc1ncc(F)c(OC2CCC2)n1. The molecule has 5 heteroatoms. The van der Waals surface area contributed by atoms with Crippen molar-refractivity contribution < 1.29 is 9.13 Å². The van der Waals surface area contributed by atoms with Crippen molar-refractivity contribution in [2.24, 2.45) is 0 Å². The fraction of sp³-hybridized carbons (Fsp3) is 0.600. The summed E-state index contributed by atoms with van der Waals surface area (Å²) >= 11 is 0. The van der Waals surface area contributed by atoms with E-state index >= 15 is 0 Å². The second-order valence-electron chi connectivity index (χ2n) is 3.55. The first kappa shape index (κ1) is 10.1. The second kappa shape index (κ2) is 4.42. The molecule has 0 bridgehead atoms. The summed E-state index contributed by atoms with van der Waals surface area (Å²) in [5.41, 5.74) is 0. The van der Waals surface area contributed by atoms with Gasteiger partial charge in [-0.05, 0) is 26.2 Å². The van der Waals surface area contributed by atoms with Crippen LogP contribution in [-0.2, 0) is 0 Å². The van der Waals surface area contributed by atoms with Crippen LogP contribution in [0.5, 0.6) is 5.88 Å². The van der Waals surface area contributed by atoms with E-state index in [0.29, 0.717) is 12.5 Å². The highest BCUT2D eigenvalue weighted by Gasteiger charge is 2.21. The number of anilines is 1. The van der Waals surface area contributed by atoms with Crippen molar-refractivity contribution in [2.45, 2.75) is 32.3 Å². The third kappa shape index (κ3) is 2.34. The third-order valence-electron chi connectivity index (χ3n) is 2.38. The van der Waals surface area contributed by atoms with Gasteiger partial charge in [-0.25, -0.2) is 4.98 Å². The highest BCUT2D eigenvalue weighted by Crippen LogP contribution is 2.25. The highest BCUT2D eigenvalue weighted by molar-refractivity contribution is 5.28. The van der Waals surface area contributed by atoms with Crippen molar-refractivity contribution in [1.82, 2.24) is 9.97 Å². The monoisotopic (exact) mass is 211 g/mol. The molecule has 1 aromatic rings. The smallest absolute Gasteiger partial charge is 0.255 e. The summed E-state index contributed by atoms with van der Waals surface area (Å²) in [7, 11) is 0. The lowest BCUT2D eigenvalue weighted by Gasteiger charge is -2.25. The Labute approximate surface area is 87.9 Å². The van der Waals surface area contributed by atoms with Crippen LogP contribution in [0.15, 0.2) is 6.20 Å². The van der Waals surface area contributed by atoms with Crippen molar-refractivity contribution >= 4 is 5.95 Å². The summed E-state index contributed by atoms with van der Waals surface area (Å²) in [6.45, 7) is 2.63. The van der Waals surface area contributed by atoms with E-state index in [1.807, 2.05) is 6.92 Å². The minimum atomic E-state index is -0.497. The molecule has 1 heterocycles. The molecule has 1 aliphatic carbocycles. The van der Waals surface area contributed by atoms with Gasteiger partial charge in [-0.1, -0.05) is 0 Å². The molecule has 0 unspecified atom stereocenters. The van der Waals surface area contributed by atoms with Gasteiger partial charge in [0.2, 0.25) is 11.8 Å². The largest absolute Gasteiger partial charge is 0.472 e. The van der Waals surface area contributed by atoms with Crippen LogP contribution < -0.4 is 10.1 Å². The second-order valence-corrected chi connectivity index (χ2v) is 3.55. The fourth-order valence-electron chi connectivity index (χ4n) is 1.32. The van der Waals surface area contributed by atoms with Gasteiger partial charge in [-0.3, -0.25) is 0 Å². The molecule has 1 N–H and O–H groups in total. The normalized spacial score (nSPS) is 15.9. The van der Waals surface area contributed by atoms with Crippen LogP contribution in [0.3, 0.4) is 0 Å². The molecule has 0 radical (unpaired) electrons. The first-order valence-corrected chi connectivity index (χ1v) is 5.22. The standard InChI is InChI=1S/C10H14FN3O/c1-2-12-10-13-6-8(11)9(14-10)15-7-4-3-5-7/h6-7H,2-5H2,1H3,(H,12,13,14). The molecule has 0 aromatic carbocycles. The molecule has 1 saturated carbocycles. The fourth-order valence-corrected chi connectivity index (χ4v) is 1.32. The summed E-state index contributed by atoms with van der Waals surface area (Å²) in [6.07, 6.45) is 4.39. The molecule has 15 heavy (non-hydrogen) atoms. The predicted molar refractivity (Wildman–Crippen MR) is 54.4 cm³/mol. The summed E-state index contributed by atoms with van der Waals surface area (Å²) in [6, 6.07) is 0. The van der Waals surface area contributed by atoms with Crippen LogP contribution in [-0.4, -0.2) is 22.6 Å². The zero-order valence-corrected chi connectivity index (χ0v) is 8.66. The van der Waals surface area contributed by atoms with E-state index in [1.165, 1.54) is 0 Å². The quantitative estimate of drug-likeness (QED) is 0.827. The zero-order valence-electron chi connectivity index (χ0n) is 8.66. The molecule has 0 atom stereocenters. The number of ether oxygens (including phenoxy) is 1. The van der Waals surface area contributed by atoms with E-state index in [9.17, 15) is 4.39 Å². The Morgan fingerprint density at radius 1 is 1.60 bits per heavy atom. The van der Waals surface area contributed by atoms with E-state index < -0.39 is 5.82 Å². The number of rotatable bonds is 4. The zero-order chi connectivity index (χ0) is 10.7. The Bertz CT molecular complexity index is 341. The van der Waals surface area contributed by atoms with Crippen LogP contribution in [0.2, 0.25) is 0 Å². The Morgan fingerprint density at radius 2 is 2.40 bits per heavy atom. The third-order valence-corrected chi connectivity index (χ3v) is 2.38. The van der Waals surface area contributed by atoms with Crippen LogP contribution in [0.4, 0.5) is 10.3 Å². The van der Waals surface area contributed by atoms with E-state index in [-0.39, 0.29) is 12.0 Å².